The number of benzene rings is 2. The lowest BCUT2D eigenvalue weighted by atomic mass is 10.1. The molecule has 0 aliphatic heterocycles. The number of rotatable bonds is 8. The summed E-state index contributed by atoms with van der Waals surface area (Å²) in [4.78, 5) is 11.0. The summed E-state index contributed by atoms with van der Waals surface area (Å²) in [6, 6.07) is 11.7. The number of carbonyl (C=O) groups is 1. The van der Waals surface area contributed by atoms with Crippen LogP contribution in [-0.2, 0) is 19.4 Å². The summed E-state index contributed by atoms with van der Waals surface area (Å²) < 4.78 is 5.90. The minimum Gasteiger partial charge on any atom is -0.507 e. The van der Waals surface area contributed by atoms with Crippen LogP contribution in [0.3, 0.4) is 0 Å². The maximum atomic E-state index is 11.0. The SMILES string of the molecule is CCCc1ccc(COc2cc(C=O)c(O)cc2CCC)cc1. The van der Waals surface area contributed by atoms with Crippen molar-refractivity contribution in [3.8, 4) is 11.5 Å². The normalized spacial score (nSPS) is 10.5. The number of aryl methyl sites for hydroxylation is 2. The molecule has 122 valence electrons. The quantitative estimate of drug-likeness (QED) is 0.719. The van der Waals surface area contributed by atoms with Crippen molar-refractivity contribution in [2.75, 3.05) is 0 Å². The average molecular weight is 312 g/mol. The zero-order chi connectivity index (χ0) is 16.7. The van der Waals surface area contributed by atoms with Crippen LogP contribution in [0.25, 0.3) is 0 Å². The molecule has 0 aromatic heterocycles. The third-order valence-electron chi connectivity index (χ3n) is 3.81. The third kappa shape index (κ3) is 4.59. The number of aromatic hydroxyl groups is 1. The van der Waals surface area contributed by atoms with Crippen molar-refractivity contribution < 1.29 is 14.6 Å². The van der Waals surface area contributed by atoms with Gasteiger partial charge in [0, 0.05) is 0 Å². The number of carbonyl (C=O) groups excluding carboxylic acids is 1. The molecule has 0 fully saturated rings. The van der Waals surface area contributed by atoms with E-state index in [4.69, 9.17) is 4.74 Å². The van der Waals surface area contributed by atoms with E-state index in [1.54, 1.807) is 12.1 Å². The van der Waals surface area contributed by atoms with E-state index in [2.05, 4.69) is 38.1 Å². The van der Waals surface area contributed by atoms with Crippen LogP contribution < -0.4 is 4.74 Å². The predicted octanol–water partition coefficient (Wildman–Crippen LogP) is 4.69. The fourth-order valence-corrected chi connectivity index (χ4v) is 2.57. The van der Waals surface area contributed by atoms with Crippen molar-refractivity contribution in [2.24, 2.45) is 0 Å². The average Bonchev–Trinajstić information content (AvgIpc) is 2.56. The van der Waals surface area contributed by atoms with Crippen LogP contribution in [0.15, 0.2) is 36.4 Å². The molecule has 0 saturated carbocycles. The minimum atomic E-state index is 0.0136. The van der Waals surface area contributed by atoms with Crippen LogP contribution in [0.2, 0.25) is 0 Å². The van der Waals surface area contributed by atoms with Crippen molar-refractivity contribution in [1.82, 2.24) is 0 Å². The zero-order valence-electron chi connectivity index (χ0n) is 13.8. The number of ether oxygens (including phenoxy) is 1. The molecule has 0 heterocycles. The number of hydrogen-bond donors (Lipinski definition) is 1. The Morgan fingerprint density at radius 2 is 1.65 bits per heavy atom. The van der Waals surface area contributed by atoms with Gasteiger partial charge in [-0.1, -0.05) is 51.0 Å². The fourth-order valence-electron chi connectivity index (χ4n) is 2.57. The molecule has 0 bridgehead atoms. The first-order valence-corrected chi connectivity index (χ1v) is 8.19. The molecule has 3 nitrogen and oxygen atoms in total. The Labute approximate surface area is 137 Å². The second kappa shape index (κ2) is 8.37. The molecule has 2 rings (SSSR count). The molecule has 0 unspecified atom stereocenters. The molecule has 0 aliphatic carbocycles. The number of aldehydes is 1. The summed E-state index contributed by atoms with van der Waals surface area (Å²) in [6.07, 6.45) is 4.62. The molecular weight excluding hydrogens is 288 g/mol. The van der Waals surface area contributed by atoms with E-state index in [-0.39, 0.29) is 11.3 Å². The Hall–Kier alpha value is -2.29. The van der Waals surface area contributed by atoms with Crippen LogP contribution in [0, 0.1) is 0 Å². The molecule has 1 N–H and O–H groups in total. The standard InChI is InChI=1S/C20H24O3/c1-3-5-15-7-9-16(10-8-15)14-23-20-12-18(13-21)19(22)11-17(20)6-4-2/h7-13,22H,3-6,14H2,1-2H3. The first kappa shape index (κ1) is 17.1. The Morgan fingerprint density at radius 3 is 2.26 bits per heavy atom. The van der Waals surface area contributed by atoms with E-state index in [0.29, 0.717) is 18.6 Å². The van der Waals surface area contributed by atoms with Gasteiger partial charge in [-0.3, -0.25) is 4.79 Å². The molecule has 0 atom stereocenters. The molecular formula is C20H24O3. The minimum absolute atomic E-state index is 0.0136. The molecule has 2 aromatic rings. The summed E-state index contributed by atoms with van der Waals surface area (Å²) in [6.45, 7) is 4.69. The predicted molar refractivity (Wildman–Crippen MR) is 92.3 cm³/mol. The molecule has 0 aliphatic rings. The van der Waals surface area contributed by atoms with E-state index in [1.807, 2.05) is 0 Å². The zero-order valence-corrected chi connectivity index (χ0v) is 13.8. The molecule has 23 heavy (non-hydrogen) atoms. The van der Waals surface area contributed by atoms with Crippen molar-refractivity contribution in [3.05, 3.63) is 58.7 Å². The third-order valence-corrected chi connectivity index (χ3v) is 3.81. The molecule has 2 aromatic carbocycles. The van der Waals surface area contributed by atoms with Crippen LogP contribution >= 0.6 is 0 Å². The molecule has 0 amide bonds. The van der Waals surface area contributed by atoms with Crippen molar-refractivity contribution >= 4 is 6.29 Å². The Bertz CT molecular complexity index is 645. The van der Waals surface area contributed by atoms with E-state index in [1.165, 1.54) is 5.56 Å². The number of phenols is 1. The van der Waals surface area contributed by atoms with Crippen LogP contribution in [0.1, 0.15) is 53.7 Å². The highest BCUT2D eigenvalue weighted by atomic mass is 16.5. The van der Waals surface area contributed by atoms with Gasteiger partial charge < -0.3 is 9.84 Å². The van der Waals surface area contributed by atoms with E-state index < -0.39 is 0 Å². The van der Waals surface area contributed by atoms with Gasteiger partial charge in [-0.15, -0.1) is 0 Å². The first-order chi connectivity index (χ1) is 11.2. The van der Waals surface area contributed by atoms with Crippen LogP contribution in [0.5, 0.6) is 11.5 Å². The monoisotopic (exact) mass is 312 g/mol. The Kier molecular flexibility index (Phi) is 6.21. The highest BCUT2D eigenvalue weighted by Crippen LogP contribution is 2.29. The number of phenolic OH excluding ortho intramolecular Hbond substituents is 1. The smallest absolute Gasteiger partial charge is 0.153 e. The summed E-state index contributed by atoms with van der Waals surface area (Å²) in [5.41, 5.74) is 3.61. The largest absolute Gasteiger partial charge is 0.507 e. The van der Waals surface area contributed by atoms with Crippen molar-refractivity contribution in [3.63, 3.8) is 0 Å². The maximum absolute atomic E-state index is 11.0. The Morgan fingerprint density at radius 1 is 1.00 bits per heavy atom. The lowest BCUT2D eigenvalue weighted by Crippen LogP contribution is -2.00. The van der Waals surface area contributed by atoms with Gasteiger partial charge in [-0.25, -0.2) is 0 Å². The van der Waals surface area contributed by atoms with Crippen molar-refractivity contribution in [2.45, 2.75) is 46.1 Å². The van der Waals surface area contributed by atoms with Gasteiger partial charge in [0.2, 0.25) is 0 Å². The molecule has 0 saturated heterocycles. The van der Waals surface area contributed by atoms with Gasteiger partial charge in [-0.05, 0) is 41.7 Å². The van der Waals surface area contributed by atoms with Gasteiger partial charge in [0.05, 0.1) is 5.56 Å². The second-order valence-corrected chi connectivity index (χ2v) is 5.74. The highest BCUT2D eigenvalue weighted by Gasteiger charge is 2.10. The lowest BCUT2D eigenvalue weighted by Gasteiger charge is -2.13. The molecule has 0 radical (unpaired) electrons. The van der Waals surface area contributed by atoms with E-state index in [0.717, 1.165) is 36.8 Å². The Balaban J connectivity index is 2.13. The highest BCUT2D eigenvalue weighted by molar-refractivity contribution is 5.80. The molecule has 3 heteroatoms. The second-order valence-electron chi connectivity index (χ2n) is 5.74. The van der Waals surface area contributed by atoms with Gasteiger partial charge in [-0.2, -0.15) is 0 Å². The first-order valence-electron chi connectivity index (χ1n) is 8.19. The van der Waals surface area contributed by atoms with Gasteiger partial charge in [0.25, 0.3) is 0 Å². The summed E-state index contributed by atoms with van der Waals surface area (Å²) >= 11 is 0. The summed E-state index contributed by atoms with van der Waals surface area (Å²) in [5.74, 6) is 0.684. The van der Waals surface area contributed by atoms with E-state index in [9.17, 15) is 9.90 Å². The summed E-state index contributed by atoms with van der Waals surface area (Å²) in [5, 5.41) is 9.82. The van der Waals surface area contributed by atoms with E-state index >= 15 is 0 Å². The van der Waals surface area contributed by atoms with Gasteiger partial charge in [0.1, 0.15) is 18.1 Å². The summed E-state index contributed by atoms with van der Waals surface area (Å²) in [7, 11) is 0. The topological polar surface area (TPSA) is 46.5 Å². The molecule has 0 spiro atoms. The van der Waals surface area contributed by atoms with Gasteiger partial charge >= 0.3 is 0 Å². The van der Waals surface area contributed by atoms with Crippen LogP contribution in [-0.4, -0.2) is 11.4 Å². The lowest BCUT2D eigenvalue weighted by molar-refractivity contribution is 0.112. The maximum Gasteiger partial charge on any atom is 0.153 e. The fraction of sp³-hybridized carbons (Fsp3) is 0.350. The number of hydrogen-bond acceptors (Lipinski definition) is 3. The van der Waals surface area contributed by atoms with Gasteiger partial charge in [0.15, 0.2) is 6.29 Å². The van der Waals surface area contributed by atoms with Crippen LogP contribution in [0.4, 0.5) is 0 Å². The van der Waals surface area contributed by atoms with Crippen molar-refractivity contribution in [1.29, 1.82) is 0 Å².